The van der Waals surface area contributed by atoms with Gasteiger partial charge < -0.3 is 10.0 Å². The van der Waals surface area contributed by atoms with Crippen molar-refractivity contribution in [3.05, 3.63) is 24.3 Å². The molecule has 1 N–H and O–H groups in total. The van der Waals surface area contributed by atoms with Gasteiger partial charge in [0.15, 0.2) is 4.87 Å². The van der Waals surface area contributed by atoms with Crippen LogP contribution in [-0.4, -0.2) is 23.1 Å². The lowest BCUT2D eigenvalue weighted by Gasteiger charge is -2.35. The summed E-state index contributed by atoms with van der Waals surface area (Å²) in [4.78, 5) is 2.83. The summed E-state index contributed by atoms with van der Waals surface area (Å²) in [6, 6.07) is 8.33. The summed E-state index contributed by atoms with van der Waals surface area (Å²) in [7, 11) is 2.05. The number of benzene rings is 1. The predicted molar refractivity (Wildman–Crippen MR) is 101 cm³/mol. The Morgan fingerprint density at radius 3 is 2.61 bits per heavy atom. The Morgan fingerprint density at radius 2 is 1.91 bits per heavy atom. The number of unbranched alkanes of at least 4 members (excludes halogenated alkanes) is 5. The molecule has 0 fully saturated rings. The maximum Gasteiger partial charge on any atom is 0.179 e. The molecule has 1 aromatic carbocycles. The molecule has 0 saturated heterocycles. The van der Waals surface area contributed by atoms with Gasteiger partial charge in [-0.3, -0.25) is 0 Å². The van der Waals surface area contributed by atoms with E-state index in [9.17, 15) is 5.11 Å². The molecule has 1 aliphatic rings. The number of rotatable bonds is 7. The fourth-order valence-corrected chi connectivity index (χ4v) is 4.46. The average Bonchev–Trinajstić information content (AvgIpc) is 2.87. The van der Waals surface area contributed by atoms with Crippen LogP contribution in [0.2, 0.25) is 0 Å². The standard InChI is InChI=1S/C20H29NOS/c1-4-6-7-8-9-10-13-16-20(19(22)5-2)21(3)17-14-11-12-15-18(17)23-20/h11-12,14-15,19,22H,4-10H2,1-3H3/t19-,20-/m1/s1. The van der Waals surface area contributed by atoms with Crippen LogP contribution in [0.1, 0.15) is 58.8 Å². The number of aliphatic hydroxyl groups excluding tert-OH is 1. The van der Waals surface area contributed by atoms with Gasteiger partial charge in [-0.2, -0.15) is 0 Å². The van der Waals surface area contributed by atoms with Crippen molar-refractivity contribution < 1.29 is 5.11 Å². The first-order valence-corrected chi connectivity index (χ1v) is 9.67. The second-order valence-electron chi connectivity index (χ2n) is 6.22. The molecule has 2 atom stereocenters. The molecular weight excluding hydrogens is 302 g/mol. The zero-order chi connectivity index (χ0) is 16.7. The maximum absolute atomic E-state index is 10.7. The fourth-order valence-electron chi connectivity index (χ4n) is 3.00. The summed E-state index contributed by atoms with van der Waals surface area (Å²) >= 11 is 1.70. The van der Waals surface area contributed by atoms with Gasteiger partial charge >= 0.3 is 0 Å². The highest BCUT2D eigenvalue weighted by molar-refractivity contribution is 8.01. The third kappa shape index (κ3) is 4.05. The lowest BCUT2D eigenvalue weighted by molar-refractivity contribution is 0.146. The largest absolute Gasteiger partial charge is 0.389 e. The van der Waals surface area contributed by atoms with Gasteiger partial charge in [-0.15, -0.1) is 0 Å². The molecule has 0 amide bonds. The van der Waals surface area contributed by atoms with E-state index in [2.05, 4.69) is 41.9 Å². The summed E-state index contributed by atoms with van der Waals surface area (Å²) < 4.78 is 0. The smallest absolute Gasteiger partial charge is 0.179 e. The van der Waals surface area contributed by atoms with Crippen LogP contribution in [0.5, 0.6) is 0 Å². The summed E-state index contributed by atoms with van der Waals surface area (Å²) in [5.74, 6) is 6.78. The van der Waals surface area contributed by atoms with E-state index < -0.39 is 11.0 Å². The number of hydrogen-bond donors (Lipinski definition) is 1. The quantitative estimate of drug-likeness (QED) is 0.558. The Balaban J connectivity index is 2.08. The fraction of sp³-hybridized carbons (Fsp3) is 0.600. The summed E-state index contributed by atoms with van der Waals surface area (Å²) in [6.07, 6.45) is 7.49. The number of likely N-dealkylation sites (N-methyl/N-ethyl adjacent to an activating group) is 1. The highest BCUT2D eigenvalue weighted by atomic mass is 32.2. The van der Waals surface area contributed by atoms with Crippen LogP contribution in [0.3, 0.4) is 0 Å². The highest BCUT2D eigenvalue weighted by Crippen LogP contribution is 2.51. The normalized spacial score (nSPS) is 20.8. The molecule has 0 radical (unpaired) electrons. The molecule has 1 aromatic rings. The highest BCUT2D eigenvalue weighted by Gasteiger charge is 2.46. The number of para-hydroxylation sites is 1. The van der Waals surface area contributed by atoms with Crippen molar-refractivity contribution in [2.24, 2.45) is 0 Å². The molecule has 2 rings (SSSR count). The number of aliphatic hydroxyl groups is 1. The molecule has 126 valence electrons. The second-order valence-corrected chi connectivity index (χ2v) is 7.48. The van der Waals surface area contributed by atoms with Gasteiger partial charge in [0, 0.05) is 18.4 Å². The summed E-state index contributed by atoms with van der Waals surface area (Å²) in [6.45, 7) is 4.26. The zero-order valence-electron chi connectivity index (χ0n) is 14.6. The van der Waals surface area contributed by atoms with Gasteiger partial charge in [0.1, 0.15) is 0 Å². The molecular formula is C20H29NOS. The van der Waals surface area contributed by atoms with E-state index in [0.717, 1.165) is 12.8 Å². The lowest BCUT2D eigenvalue weighted by Crippen LogP contribution is -2.49. The number of anilines is 1. The predicted octanol–water partition coefficient (Wildman–Crippen LogP) is 5.06. The topological polar surface area (TPSA) is 23.5 Å². The molecule has 23 heavy (non-hydrogen) atoms. The van der Waals surface area contributed by atoms with Gasteiger partial charge in [-0.1, -0.05) is 75.3 Å². The Hall–Kier alpha value is -1.11. The van der Waals surface area contributed by atoms with E-state index in [1.54, 1.807) is 11.8 Å². The zero-order valence-corrected chi connectivity index (χ0v) is 15.5. The van der Waals surface area contributed by atoms with Crippen LogP contribution in [-0.2, 0) is 0 Å². The molecule has 0 saturated carbocycles. The molecule has 1 aliphatic heterocycles. The van der Waals surface area contributed by atoms with Crippen LogP contribution in [0.4, 0.5) is 5.69 Å². The number of thioether (sulfide) groups is 1. The summed E-state index contributed by atoms with van der Waals surface area (Å²) in [5.41, 5.74) is 1.17. The average molecular weight is 332 g/mol. The summed E-state index contributed by atoms with van der Waals surface area (Å²) in [5, 5.41) is 10.7. The molecule has 1 heterocycles. The third-order valence-corrected chi connectivity index (χ3v) is 6.03. The molecule has 0 aromatic heterocycles. The maximum atomic E-state index is 10.7. The second kappa shape index (κ2) is 8.66. The van der Waals surface area contributed by atoms with Gasteiger partial charge in [0.05, 0.1) is 11.8 Å². The monoisotopic (exact) mass is 331 g/mol. The Bertz CT molecular complexity index is 562. The van der Waals surface area contributed by atoms with Crippen LogP contribution in [0.25, 0.3) is 0 Å². The first kappa shape index (κ1) is 18.2. The SMILES string of the molecule is CCCCCCCC#C[C@]1([C@H](O)CC)Sc2ccccc2N1C. The van der Waals surface area contributed by atoms with Gasteiger partial charge in [-0.25, -0.2) is 0 Å². The first-order valence-electron chi connectivity index (χ1n) is 8.85. The van der Waals surface area contributed by atoms with Gasteiger partial charge in [-0.05, 0) is 25.0 Å². The minimum Gasteiger partial charge on any atom is -0.389 e. The minimum atomic E-state index is -0.540. The van der Waals surface area contributed by atoms with Gasteiger partial charge in [0.2, 0.25) is 0 Å². The van der Waals surface area contributed by atoms with E-state index in [0.29, 0.717) is 6.42 Å². The van der Waals surface area contributed by atoms with Crippen LogP contribution in [0.15, 0.2) is 29.2 Å². The van der Waals surface area contributed by atoms with Crippen molar-refractivity contribution in [1.82, 2.24) is 0 Å². The van der Waals surface area contributed by atoms with E-state index >= 15 is 0 Å². The van der Waals surface area contributed by atoms with Crippen molar-refractivity contribution in [1.29, 1.82) is 0 Å². The van der Waals surface area contributed by atoms with Gasteiger partial charge in [0.25, 0.3) is 0 Å². The van der Waals surface area contributed by atoms with Crippen molar-refractivity contribution >= 4 is 17.4 Å². The molecule has 2 nitrogen and oxygen atoms in total. The number of fused-ring (bicyclic) bond motifs is 1. The Labute approximate surface area is 145 Å². The minimum absolute atomic E-state index is 0.461. The van der Waals surface area contributed by atoms with Crippen LogP contribution in [0, 0.1) is 11.8 Å². The molecule has 0 unspecified atom stereocenters. The van der Waals surface area contributed by atoms with Crippen molar-refractivity contribution in [3.8, 4) is 11.8 Å². The van der Waals surface area contributed by atoms with E-state index in [4.69, 9.17) is 0 Å². The van der Waals surface area contributed by atoms with Crippen LogP contribution >= 0.6 is 11.8 Å². The first-order chi connectivity index (χ1) is 11.2. The molecule has 0 spiro atoms. The van der Waals surface area contributed by atoms with Crippen molar-refractivity contribution in [2.45, 2.75) is 74.7 Å². The molecule has 0 aliphatic carbocycles. The van der Waals surface area contributed by atoms with Crippen LogP contribution < -0.4 is 4.90 Å². The molecule has 3 heteroatoms. The molecule has 0 bridgehead atoms. The Kier molecular flexibility index (Phi) is 6.87. The third-order valence-electron chi connectivity index (χ3n) is 4.50. The van der Waals surface area contributed by atoms with Crippen molar-refractivity contribution in [3.63, 3.8) is 0 Å². The lowest BCUT2D eigenvalue weighted by atomic mass is 10.1. The Morgan fingerprint density at radius 1 is 1.17 bits per heavy atom. The van der Waals surface area contributed by atoms with Crippen molar-refractivity contribution in [2.75, 3.05) is 11.9 Å². The number of hydrogen-bond acceptors (Lipinski definition) is 3. The number of nitrogens with zero attached hydrogens (tertiary/aromatic N) is 1. The van der Waals surface area contributed by atoms with E-state index in [-0.39, 0.29) is 0 Å². The van der Waals surface area contributed by atoms with E-state index in [1.165, 1.54) is 36.3 Å². The van der Waals surface area contributed by atoms with E-state index in [1.807, 2.05) is 20.0 Å².